The zero-order chi connectivity index (χ0) is 32.9. The van der Waals surface area contributed by atoms with E-state index in [4.69, 9.17) is 0 Å². The molecule has 2 heteroatoms. The van der Waals surface area contributed by atoms with Crippen molar-refractivity contribution in [3.8, 4) is 0 Å². The second-order valence-electron chi connectivity index (χ2n) is 11.8. The molecule has 0 atom stereocenters. The highest BCUT2D eigenvalue weighted by Gasteiger charge is 2.26. The molecule has 6 aromatic rings. The van der Waals surface area contributed by atoms with Crippen LogP contribution in [-0.4, -0.2) is 0 Å². The minimum Gasteiger partial charge on any atom is -0.310 e. The van der Waals surface area contributed by atoms with Crippen molar-refractivity contribution in [3.05, 3.63) is 181 Å². The fourth-order valence-corrected chi connectivity index (χ4v) is 6.66. The standard InChI is InChI=1S/C45H42N2/c1-7-11-22-36(10-4)46(35(9-3)18-8-2)45-41-27-15-14-26-40(41)44(42-29-28-34-21-12-13-25-39(34)43(42)45)47(37-23-16-19-32(5)30-37)38-24-17-20-33(6)31-38/h7-31H,1H2,2-6H3/b18-8-,22-11-,35-9+,36-10+. The fraction of sp³-hybridized carbons (Fsp3) is 0.111. The zero-order valence-electron chi connectivity index (χ0n) is 28.0. The number of allylic oxidation sites excluding steroid dienone is 7. The highest BCUT2D eigenvalue weighted by atomic mass is 15.2. The largest absolute Gasteiger partial charge is 0.310 e. The Morgan fingerprint density at radius 1 is 0.574 bits per heavy atom. The molecule has 0 radical (unpaired) electrons. The number of hydrogen-bond donors (Lipinski definition) is 0. The molecule has 0 bridgehead atoms. The summed E-state index contributed by atoms with van der Waals surface area (Å²) in [7, 11) is 0. The first-order valence-corrected chi connectivity index (χ1v) is 16.3. The van der Waals surface area contributed by atoms with Gasteiger partial charge in [-0.25, -0.2) is 0 Å². The number of benzene rings is 6. The van der Waals surface area contributed by atoms with Gasteiger partial charge in [0.2, 0.25) is 0 Å². The summed E-state index contributed by atoms with van der Waals surface area (Å²) < 4.78 is 0. The third-order valence-corrected chi connectivity index (χ3v) is 8.67. The Hall–Kier alpha value is -5.60. The van der Waals surface area contributed by atoms with E-state index in [1.165, 1.54) is 43.4 Å². The summed E-state index contributed by atoms with van der Waals surface area (Å²) in [5.74, 6) is 0. The predicted octanol–water partition coefficient (Wildman–Crippen LogP) is 13.2. The lowest BCUT2D eigenvalue weighted by molar-refractivity contribution is 1.14. The van der Waals surface area contributed by atoms with E-state index < -0.39 is 0 Å². The molecule has 6 aromatic carbocycles. The van der Waals surface area contributed by atoms with Gasteiger partial charge in [0, 0.05) is 44.3 Å². The van der Waals surface area contributed by atoms with Crippen LogP contribution < -0.4 is 9.80 Å². The Kier molecular flexibility index (Phi) is 9.22. The van der Waals surface area contributed by atoms with Crippen molar-refractivity contribution in [1.29, 1.82) is 0 Å². The smallest absolute Gasteiger partial charge is 0.0625 e. The highest BCUT2D eigenvalue weighted by molar-refractivity contribution is 6.28. The highest BCUT2D eigenvalue weighted by Crippen LogP contribution is 2.51. The van der Waals surface area contributed by atoms with E-state index >= 15 is 0 Å². The summed E-state index contributed by atoms with van der Waals surface area (Å²) >= 11 is 0. The molecule has 0 aliphatic heterocycles. The Balaban J connectivity index is 1.88. The summed E-state index contributed by atoms with van der Waals surface area (Å²) in [6.07, 6.45) is 14.7. The maximum Gasteiger partial charge on any atom is 0.0625 e. The van der Waals surface area contributed by atoms with E-state index in [1.807, 2.05) is 12.2 Å². The molecule has 0 saturated carbocycles. The first-order chi connectivity index (χ1) is 23.0. The molecule has 0 aromatic heterocycles. The number of anilines is 4. The van der Waals surface area contributed by atoms with Crippen LogP contribution in [-0.2, 0) is 0 Å². The lowest BCUT2D eigenvalue weighted by Crippen LogP contribution is -2.21. The summed E-state index contributed by atoms with van der Waals surface area (Å²) in [5.41, 5.74) is 9.18. The third-order valence-electron chi connectivity index (χ3n) is 8.67. The van der Waals surface area contributed by atoms with Gasteiger partial charge in [-0.15, -0.1) is 0 Å². The van der Waals surface area contributed by atoms with Crippen LogP contribution >= 0.6 is 0 Å². The summed E-state index contributed by atoms with van der Waals surface area (Å²) in [6.45, 7) is 14.6. The van der Waals surface area contributed by atoms with E-state index in [9.17, 15) is 0 Å². The molecule has 6 rings (SSSR count). The molecule has 0 saturated heterocycles. The fourth-order valence-electron chi connectivity index (χ4n) is 6.66. The lowest BCUT2D eigenvalue weighted by atomic mass is 9.91. The van der Waals surface area contributed by atoms with Crippen LogP contribution in [0.5, 0.6) is 0 Å². The quantitative estimate of drug-likeness (QED) is 0.0695. The van der Waals surface area contributed by atoms with Gasteiger partial charge in [0.15, 0.2) is 0 Å². The van der Waals surface area contributed by atoms with Gasteiger partial charge >= 0.3 is 0 Å². The van der Waals surface area contributed by atoms with Crippen LogP contribution in [0.2, 0.25) is 0 Å². The Morgan fingerprint density at radius 2 is 1.15 bits per heavy atom. The first-order valence-electron chi connectivity index (χ1n) is 16.3. The van der Waals surface area contributed by atoms with Crippen LogP contribution in [0.25, 0.3) is 32.3 Å². The molecule has 0 aliphatic rings. The van der Waals surface area contributed by atoms with Gasteiger partial charge in [-0.1, -0.05) is 122 Å². The van der Waals surface area contributed by atoms with Crippen molar-refractivity contribution in [2.45, 2.75) is 34.6 Å². The molecule has 0 amide bonds. The maximum atomic E-state index is 3.98. The Morgan fingerprint density at radius 3 is 1.72 bits per heavy atom. The van der Waals surface area contributed by atoms with Crippen molar-refractivity contribution < 1.29 is 0 Å². The molecule has 0 unspecified atom stereocenters. The maximum absolute atomic E-state index is 3.98. The number of fused-ring (bicyclic) bond motifs is 4. The van der Waals surface area contributed by atoms with Crippen LogP contribution in [0.3, 0.4) is 0 Å². The third kappa shape index (κ3) is 5.91. The van der Waals surface area contributed by atoms with Gasteiger partial charge in [0.1, 0.15) is 0 Å². The number of nitrogens with zero attached hydrogens (tertiary/aromatic N) is 2. The topological polar surface area (TPSA) is 6.48 Å². The van der Waals surface area contributed by atoms with E-state index in [0.29, 0.717) is 0 Å². The van der Waals surface area contributed by atoms with Crippen LogP contribution in [0.4, 0.5) is 22.7 Å². The number of hydrogen-bond acceptors (Lipinski definition) is 2. The van der Waals surface area contributed by atoms with E-state index in [0.717, 1.165) is 34.1 Å². The molecule has 0 heterocycles. The Labute approximate surface area is 279 Å². The minimum absolute atomic E-state index is 1.07. The van der Waals surface area contributed by atoms with E-state index in [-0.39, 0.29) is 0 Å². The molecule has 0 spiro atoms. The average molecular weight is 611 g/mol. The molecule has 0 N–H and O–H groups in total. The normalized spacial score (nSPS) is 12.5. The Bertz CT molecular complexity index is 2180. The SMILES string of the molecule is C=C/C=C\C(=C/C)N(C(/C=C\C)=C/C)c1c2ccccc2c(N(c2cccc(C)c2)c2cccc(C)c2)c2ccc3ccccc3c12. The molecule has 0 aliphatic carbocycles. The summed E-state index contributed by atoms with van der Waals surface area (Å²) in [4.78, 5) is 4.86. The van der Waals surface area contributed by atoms with Gasteiger partial charge in [0.25, 0.3) is 0 Å². The van der Waals surface area contributed by atoms with Gasteiger partial charge in [-0.05, 0) is 92.9 Å². The number of aryl methyl sites for hydroxylation is 2. The lowest BCUT2D eigenvalue weighted by Gasteiger charge is -2.34. The predicted molar refractivity (Wildman–Crippen MR) is 207 cm³/mol. The van der Waals surface area contributed by atoms with E-state index in [1.54, 1.807) is 0 Å². The molecule has 232 valence electrons. The second-order valence-corrected chi connectivity index (χ2v) is 11.8. The molecular weight excluding hydrogens is 569 g/mol. The van der Waals surface area contributed by atoms with Crippen molar-refractivity contribution in [1.82, 2.24) is 0 Å². The second kappa shape index (κ2) is 13.8. The zero-order valence-corrected chi connectivity index (χ0v) is 28.0. The van der Waals surface area contributed by atoms with Gasteiger partial charge in [-0.3, -0.25) is 0 Å². The van der Waals surface area contributed by atoms with Crippen molar-refractivity contribution in [2.24, 2.45) is 0 Å². The van der Waals surface area contributed by atoms with Crippen molar-refractivity contribution in [2.75, 3.05) is 9.80 Å². The molecule has 47 heavy (non-hydrogen) atoms. The summed E-state index contributed by atoms with van der Waals surface area (Å²) in [5, 5.41) is 7.16. The molecule has 0 fully saturated rings. The minimum atomic E-state index is 1.07. The average Bonchev–Trinajstić information content (AvgIpc) is 3.09. The van der Waals surface area contributed by atoms with Crippen LogP contribution in [0.15, 0.2) is 170 Å². The van der Waals surface area contributed by atoms with Crippen LogP contribution in [0, 0.1) is 13.8 Å². The monoisotopic (exact) mass is 610 g/mol. The number of rotatable bonds is 9. The van der Waals surface area contributed by atoms with Gasteiger partial charge in [-0.2, -0.15) is 0 Å². The first kappa shape index (κ1) is 31.4. The van der Waals surface area contributed by atoms with Gasteiger partial charge < -0.3 is 9.80 Å². The van der Waals surface area contributed by atoms with Crippen LogP contribution in [0.1, 0.15) is 31.9 Å². The van der Waals surface area contributed by atoms with Gasteiger partial charge in [0.05, 0.1) is 11.4 Å². The van der Waals surface area contributed by atoms with E-state index in [2.05, 4.69) is 191 Å². The molecular formula is C45H42N2. The molecule has 2 nitrogen and oxygen atoms in total. The van der Waals surface area contributed by atoms with Crippen molar-refractivity contribution >= 4 is 55.1 Å². The summed E-state index contributed by atoms with van der Waals surface area (Å²) in [6, 6.07) is 39.9. The van der Waals surface area contributed by atoms with Crippen molar-refractivity contribution in [3.63, 3.8) is 0 Å².